The lowest BCUT2D eigenvalue weighted by Gasteiger charge is -2.19. The van der Waals surface area contributed by atoms with Gasteiger partial charge in [-0.15, -0.1) is 0 Å². The number of carbonyl (C=O) groups excluding carboxylic acids is 1. The number of rotatable bonds is 2. The van der Waals surface area contributed by atoms with E-state index in [1.165, 1.54) is 0 Å². The normalized spacial score (nSPS) is 24.9. The lowest BCUT2D eigenvalue weighted by atomic mass is 10.0. The van der Waals surface area contributed by atoms with Crippen molar-refractivity contribution in [2.45, 2.75) is 18.6 Å². The number of nitrogens with zero attached hydrogens (tertiary/aromatic N) is 1. The number of hydrogen-bond acceptors (Lipinski definition) is 3. The zero-order chi connectivity index (χ0) is 11.7. The summed E-state index contributed by atoms with van der Waals surface area (Å²) in [6.07, 6.45) is -0.404. The Balaban J connectivity index is 2.21. The Hall–Kier alpha value is -1.55. The molecule has 1 aromatic carbocycles. The van der Waals surface area contributed by atoms with E-state index in [1.54, 1.807) is 19.1 Å². The summed E-state index contributed by atoms with van der Waals surface area (Å²) in [6, 6.07) is 7.53. The SMILES string of the molecule is COc1ccc([C@H]2C[C@H](O)C(=O)N2C)cc1. The van der Waals surface area contributed by atoms with Gasteiger partial charge in [-0.3, -0.25) is 4.79 Å². The Morgan fingerprint density at radius 2 is 2.00 bits per heavy atom. The largest absolute Gasteiger partial charge is 0.497 e. The molecule has 16 heavy (non-hydrogen) atoms. The second-order valence-electron chi connectivity index (χ2n) is 3.99. The predicted octanol–water partition coefficient (Wildman–Crippen LogP) is 0.959. The lowest BCUT2D eigenvalue weighted by Crippen LogP contribution is -2.26. The van der Waals surface area contributed by atoms with Crippen LogP contribution in [-0.4, -0.2) is 36.2 Å². The van der Waals surface area contributed by atoms with E-state index in [2.05, 4.69) is 0 Å². The topological polar surface area (TPSA) is 49.8 Å². The molecule has 1 aromatic rings. The maximum atomic E-state index is 11.5. The minimum absolute atomic E-state index is 0.0339. The minimum Gasteiger partial charge on any atom is -0.497 e. The van der Waals surface area contributed by atoms with Gasteiger partial charge in [-0.25, -0.2) is 0 Å². The Kier molecular flexibility index (Phi) is 2.83. The summed E-state index contributed by atoms with van der Waals surface area (Å²) < 4.78 is 5.07. The molecule has 2 atom stereocenters. The zero-order valence-electron chi connectivity index (χ0n) is 9.38. The van der Waals surface area contributed by atoms with Crippen molar-refractivity contribution in [3.8, 4) is 5.75 Å². The summed E-state index contributed by atoms with van der Waals surface area (Å²) in [6.45, 7) is 0. The molecule has 1 saturated heterocycles. The van der Waals surface area contributed by atoms with Crippen LogP contribution in [-0.2, 0) is 4.79 Å². The molecular weight excluding hydrogens is 206 g/mol. The van der Waals surface area contributed by atoms with Crippen molar-refractivity contribution in [1.82, 2.24) is 4.90 Å². The third kappa shape index (κ3) is 1.76. The van der Waals surface area contributed by atoms with Gasteiger partial charge in [0.25, 0.3) is 5.91 Å². The van der Waals surface area contributed by atoms with Crippen LogP contribution in [0.1, 0.15) is 18.0 Å². The number of benzene rings is 1. The molecule has 1 aliphatic heterocycles. The average Bonchev–Trinajstić information content (AvgIpc) is 2.57. The molecule has 0 unspecified atom stereocenters. The number of methoxy groups -OCH3 is 1. The third-order valence-corrected chi connectivity index (χ3v) is 3.05. The van der Waals surface area contributed by atoms with Gasteiger partial charge >= 0.3 is 0 Å². The first-order valence-corrected chi connectivity index (χ1v) is 5.22. The fourth-order valence-corrected chi connectivity index (χ4v) is 2.04. The summed E-state index contributed by atoms with van der Waals surface area (Å²) in [4.78, 5) is 13.1. The van der Waals surface area contributed by atoms with Crippen LogP contribution >= 0.6 is 0 Å². The molecule has 0 saturated carbocycles. The van der Waals surface area contributed by atoms with E-state index in [-0.39, 0.29) is 11.9 Å². The molecule has 1 aliphatic rings. The summed E-state index contributed by atoms with van der Waals surface area (Å²) in [5.41, 5.74) is 1.02. The molecule has 2 rings (SSSR count). The van der Waals surface area contributed by atoms with E-state index in [4.69, 9.17) is 4.74 Å². The van der Waals surface area contributed by atoms with Crippen LogP contribution in [0.25, 0.3) is 0 Å². The molecule has 1 fully saturated rings. The number of carbonyl (C=O) groups is 1. The number of likely N-dealkylation sites (N-methyl/N-ethyl adjacent to an activating group) is 1. The second-order valence-corrected chi connectivity index (χ2v) is 3.99. The van der Waals surface area contributed by atoms with Crippen LogP contribution in [0.4, 0.5) is 0 Å². The Labute approximate surface area is 94.4 Å². The van der Waals surface area contributed by atoms with Crippen LogP contribution in [0.15, 0.2) is 24.3 Å². The van der Waals surface area contributed by atoms with Gasteiger partial charge in [0, 0.05) is 13.5 Å². The number of aliphatic hydroxyl groups is 1. The molecule has 0 aliphatic carbocycles. The molecule has 1 amide bonds. The van der Waals surface area contributed by atoms with E-state index >= 15 is 0 Å². The molecule has 4 heteroatoms. The Bertz CT molecular complexity index is 388. The predicted molar refractivity (Wildman–Crippen MR) is 59.1 cm³/mol. The first-order chi connectivity index (χ1) is 7.63. The number of likely N-dealkylation sites (tertiary alicyclic amines) is 1. The van der Waals surface area contributed by atoms with Crippen molar-refractivity contribution in [3.63, 3.8) is 0 Å². The Morgan fingerprint density at radius 1 is 1.38 bits per heavy atom. The molecule has 0 radical (unpaired) electrons. The van der Waals surface area contributed by atoms with Crippen LogP contribution in [0.2, 0.25) is 0 Å². The number of hydrogen-bond donors (Lipinski definition) is 1. The standard InChI is InChI=1S/C12H15NO3/c1-13-10(7-11(14)12(13)15)8-3-5-9(16-2)6-4-8/h3-6,10-11,14H,7H2,1-2H3/t10-,11+/m1/s1. The van der Waals surface area contributed by atoms with Gasteiger partial charge in [0.1, 0.15) is 11.9 Å². The highest BCUT2D eigenvalue weighted by Gasteiger charge is 2.36. The number of ether oxygens (including phenoxy) is 1. The third-order valence-electron chi connectivity index (χ3n) is 3.05. The van der Waals surface area contributed by atoms with Crippen molar-refractivity contribution in [2.75, 3.05) is 14.2 Å². The smallest absolute Gasteiger partial charge is 0.251 e. The second kappa shape index (κ2) is 4.14. The summed E-state index contributed by atoms with van der Waals surface area (Å²) in [5.74, 6) is 0.581. The van der Waals surface area contributed by atoms with Crippen molar-refractivity contribution in [1.29, 1.82) is 0 Å². The van der Waals surface area contributed by atoms with Gasteiger partial charge in [0.05, 0.1) is 13.2 Å². The molecule has 86 valence electrons. The maximum Gasteiger partial charge on any atom is 0.251 e. The molecule has 1 N–H and O–H groups in total. The molecule has 0 bridgehead atoms. The highest BCUT2D eigenvalue weighted by Crippen LogP contribution is 2.32. The highest BCUT2D eigenvalue weighted by molar-refractivity contribution is 5.83. The van der Waals surface area contributed by atoms with Gasteiger partial charge in [-0.2, -0.15) is 0 Å². The van der Waals surface area contributed by atoms with E-state index in [0.717, 1.165) is 11.3 Å². The molecule has 0 spiro atoms. The van der Waals surface area contributed by atoms with Gasteiger partial charge in [-0.05, 0) is 17.7 Å². The number of aliphatic hydroxyl groups excluding tert-OH is 1. The molecular formula is C12H15NO3. The fourth-order valence-electron chi connectivity index (χ4n) is 2.04. The van der Waals surface area contributed by atoms with E-state index < -0.39 is 6.10 Å². The minimum atomic E-state index is -0.864. The quantitative estimate of drug-likeness (QED) is 0.809. The van der Waals surface area contributed by atoms with Gasteiger partial charge in [0.2, 0.25) is 0 Å². The first kappa shape index (κ1) is 11.0. The lowest BCUT2D eigenvalue weighted by molar-refractivity contribution is -0.134. The monoisotopic (exact) mass is 221 g/mol. The maximum absolute atomic E-state index is 11.5. The van der Waals surface area contributed by atoms with Gasteiger partial charge in [-0.1, -0.05) is 12.1 Å². The van der Waals surface area contributed by atoms with E-state index in [1.807, 2.05) is 24.3 Å². The van der Waals surface area contributed by atoms with E-state index in [0.29, 0.717) is 6.42 Å². The van der Waals surface area contributed by atoms with Crippen LogP contribution in [0.3, 0.4) is 0 Å². The van der Waals surface area contributed by atoms with Gasteiger partial charge in [0.15, 0.2) is 0 Å². The molecule has 0 aromatic heterocycles. The van der Waals surface area contributed by atoms with E-state index in [9.17, 15) is 9.90 Å². The van der Waals surface area contributed by atoms with Crippen molar-refractivity contribution in [2.24, 2.45) is 0 Å². The zero-order valence-corrected chi connectivity index (χ0v) is 9.38. The van der Waals surface area contributed by atoms with Crippen LogP contribution in [0, 0.1) is 0 Å². The van der Waals surface area contributed by atoms with Crippen molar-refractivity contribution in [3.05, 3.63) is 29.8 Å². The first-order valence-electron chi connectivity index (χ1n) is 5.22. The average molecular weight is 221 g/mol. The number of amides is 1. The summed E-state index contributed by atoms with van der Waals surface area (Å²) in [7, 11) is 3.33. The molecule has 4 nitrogen and oxygen atoms in total. The Morgan fingerprint density at radius 3 is 2.44 bits per heavy atom. The fraction of sp³-hybridized carbons (Fsp3) is 0.417. The summed E-state index contributed by atoms with van der Waals surface area (Å²) in [5, 5.41) is 9.48. The van der Waals surface area contributed by atoms with Crippen molar-refractivity contribution < 1.29 is 14.6 Å². The van der Waals surface area contributed by atoms with Crippen LogP contribution < -0.4 is 4.74 Å². The van der Waals surface area contributed by atoms with Crippen molar-refractivity contribution >= 4 is 5.91 Å². The summed E-state index contributed by atoms with van der Waals surface area (Å²) >= 11 is 0. The molecule has 1 heterocycles. The van der Waals surface area contributed by atoms with Gasteiger partial charge < -0.3 is 14.7 Å². The highest BCUT2D eigenvalue weighted by atomic mass is 16.5. The van der Waals surface area contributed by atoms with Crippen LogP contribution in [0.5, 0.6) is 5.75 Å².